The van der Waals surface area contributed by atoms with E-state index in [1.54, 1.807) is 19.9 Å². The molecule has 0 unspecified atom stereocenters. The molecule has 0 bridgehead atoms. The number of phenols is 1. The van der Waals surface area contributed by atoms with E-state index >= 15 is 0 Å². The number of primary amides is 1. The fourth-order valence-corrected chi connectivity index (χ4v) is 3.87. The van der Waals surface area contributed by atoms with Crippen molar-refractivity contribution in [3.8, 4) is 5.75 Å². The molecule has 0 atom stereocenters. The number of nitrogens with one attached hydrogen (secondary N) is 1. The number of hydrazone groups is 1. The van der Waals surface area contributed by atoms with Gasteiger partial charge in [0.1, 0.15) is 5.75 Å². The van der Waals surface area contributed by atoms with Gasteiger partial charge in [0.05, 0.1) is 26.7 Å². The zero-order valence-electron chi connectivity index (χ0n) is 14.7. The summed E-state index contributed by atoms with van der Waals surface area (Å²) in [6.45, 7) is 3.40. The molecule has 0 aliphatic carbocycles. The zero-order chi connectivity index (χ0) is 19.7. The van der Waals surface area contributed by atoms with Crippen molar-refractivity contribution in [1.29, 1.82) is 0 Å². The smallest absolute Gasteiger partial charge is 0.275 e. The maximum Gasteiger partial charge on any atom is 0.275 e. The molecule has 0 saturated heterocycles. The van der Waals surface area contributed by atoms with Crippen molar-refractivity contribution in [3.63, 3.8) is 0 Å². The van der Waals surface area contributed by atoms with Gasteiger partial charge in [0.15, 0.2) is 0 Å². The molecule has 0 saturated carbocycles. The van der Waals surface area contributed by atoms with E-state index < -0.39 is 11.8 Å². The molecule has 0 aliphatic rings. The number of aromatic hydroxyl groups is 1. The first kappa shape index (κ1) is 18.4. The predicted octanol–water partition coefficient (Wildman–Crippen LogP) is 2.75. The third-order valence-corrected chi connectivity index (χ3v) is 5.41. The van der Waals surface area contributed by atoms with Gasteiger partial charge in [-0.05, 0) is 42.3 Å². The Kier molecular flexibility index (Phi) is 4.83. The third-order valence-electron chi connectivity index (χ3n) is 4.18. The number of fused-ring (bicyclic) bond motifs is 1. The van der Waals surface area contributed by atoms with Crippen molar-refractivity contribution in [1.82, 2.24) is 5.43 Å². The average Bonchev–Trinajstić information content (AvgIpc) is 2.93. The fourth-order valence-electron chi connectivity index (χ4n) is 2.84. The summed E-state index contributed by atoms with van der Waals surface area (Å²) >= 11 is 1.18. The molecule has 0 spiro atoms. The SMILES string of the molecule is CC(=NNC(=O)c1cc2ccccc2cc1O)c1sc(N)c(C(N)=O)c1C. The minimum atomic E-state index is -0.606. The first-order chi connectivity index (χ1) is 12.8. The molecular formula is C19H18N4O3S. The van der Waals surface area contributed by atoms with Gasteiger partial charge in [-0.3, -0.25) is 9.59 Å². The number of thiophene rings is 1. The van der Waals surface area contributed by atoms with E-state index in [4.69, 9.17) is 11.5 Å². The summed E-state index contributed by atoms with van der Waals surface area (Å²) in [5, 5.41) is 16.2. The Hall–Kier alpha value is -3.39. The monoisotopic (exact) mass is 382 g/mol. The number of carbonyl (C=O) groups excluding carboxylic acids is 2. The summed E-state index contributed by atoms with van der Waals surface area (Å²) in [6.07, 6.45) is 0. The second kappa shape index (κ2) is 7.08. The van der Waals surface area contributed by atoms with Gasteiger partial charge in [-0.2, -0.15) is 5.10 Å². The Morgan fingerprint density at radius 3 is 2.41 bits per heavy atom. The summed E-state index contributed by atoms with van der Waals surface area (Å²) in [4.78, 5) is 24.6. The van der Waals surface area contributed by atoms with Crippen LogP contribution in [0.1, 0.15) is 38.1 Å². The average molecular weight is 382 g/mol. The third kappa shape index (κ3) is 3.47. The number of nitrogens with zero attached hydrogens (tertiary/aromatic N) is 1. The lowest BCUT2D eigenvalue weighted by Crippen LogP contribution is -2.19. The minimum Gasteiger partial charge on any atom is -0.507 e. The van der Waals surface area contributed by atoms with Crippen molar-refractivity contribution >= 4 is 44.6 Å². The first-order valence-corrected chi connectivity index (χ1v) is 8.86. The predicted molar refractivity (Wildman–Crippen MR) is 107 cm³/mol. The van der Waals surface area contributed by atoms with Gasteiger partial charge >= 0.3 is 0 Å². The van der Waals surface area contributed by atoms with Gasteiger partial charge in [0.2, 0.25) is 0 Å². The van der Waals surface area contributed by atoms with Gasteiger partial charge in [-0.1, -0.05) is 24.3 Å². The van der Waals surface area contributed by atoms with Crippen LogP contribution in [-0.4, -0.2) is 22.6 Å². The lowest BCUT2D eigenvalue weighted by Gasteiger charge is -2.07. The molecule has 138 valence electrons. The number of amides is 2. The van der Waals surface area contributed by atoms with Crippen LogP contribution in [0.2, 0.25) is 0 Å². The van der Waals surface area contributed by atoms with Crippen molar-refractivity contribution in [2.75, 3.05) is 5.73 Å². The summed E-state index contributed by atoms with van der Waals surface area (Å²) in [6, 6.07) is 10.5. The summed E-state index contributed by atoms with van der Waals surface area (Å²) in [7, 11) is 0. The number of benzene rings is 2. The minimum absolute atomic E-state index is 0.116. The quantitative estimate of drug-likeness (QED) is 0.408. The molecule has 6 N–H and O–H groups in total. The molecule has 1 heterocycles. The molecule has 0 radical (unpaired) electrons. The van der Waals surface area contributed by atoms with Crippen LogP contribution in [0.15, 0.2) is 41.5 Å². The molecule has 1 aromatic heterocycles. The normalized spacial score (nSPS) is 11.6. The highest BCUT2D eigenvalue weighted by molar-refractivity contribution is 7.18. The number of nitrogen functional groups attached to an aromatic ring is 1. The molecule has 8 heteroatoms. The molecule has 27 heavy (non-hydrogen) atoms. The molecule has 0 fully saturated rings. The lowest BCUT2D eigenvalue weighted by atomic mass is 10.1. The maximum atomic E-state index is 12.4. The number of anilines is 1. The van der Waals surface area contributed by atoms with Gasteiger partial charge in [-0.25, -0.2) is 5.43 Å². The standard InChI is InChI=1S/C19H18N4O3S/c1-9-15(17(20)25)18(21)27-16(9)10(2)22-23-19(26)13-7-11-5-3-4-6-12(11)8-14(13)24/h3-8,24H,21H2,1-2H3,(H2,20,25)(H,23,26). The summed E-state index contributed by atoms with van der Waals surface area (Å²) in [5.41, 5.74) is 15.1. The van der Waals surface area contributed by atoms with E-state index in [0.717, 1.165) is 10.8 Å². The first-order valence-electron chi connectivity index (χ1n) is 8.05. The van der Waals surface area contributed by atoms with Crippen LogP contribution in [0.3, 0.4) is 0 Å². The van der Waals surface area contributed by atoms with E-state index in [2.05, 4.69) is 10.5 Å². The Balaban J connectivity index is 1.88. The van der Waals surface area contributed by atoms with Gasteiger partial charge in [-0.15, -0.1) is 11.3 Å². The van der Waals surface area contributed by atoms with E-state index in [1.807, 2.05) is 24.3 Å². The van der Waals surface area contributed by atoms with Crippen molar-refractivity contribution in [3.05, 3.63) is 58.0 Å². The highest BCUT2D eigenvalue weighted by Gasteiger charge is 2.19. The van der Waals surface area contributed by atoms with Gasteiger partial charge < -0.3 is 16.6 Å². The van der Waals surface area contributed by atoms with Gasteiger partial charge in [0, 0.05) is 0 Å². The number of hydrogen-bond acceptors (Lipinski definition) is 6. The lowest BCUT2D eigenvalue weighted by molar-refractivity contribution is 0.0951. The van der Waals surface area contributed by atoms with E-state index in [0.29, 0.717) is 21.2 Å². The largest absolute Gasteiger partial charge is 0.507 e. The molecule has 0 aliphatic heterocycles. The Labute approximate surface area is 159 Å². The number of phenolic OH excluding ortho intramolecular Hbond substituents is 1. The Bertz CT molecular complexity index is 1100. The van der Waals surface area contributed by atoms with E-state index in [9.17, 15) is 14.7 Å². The van der Waals surface area contributed by atoms with Crippen LogP contribution >= 0.6 is 11.3 Å². The summed E-state index contributed by atoms with van der Waals surface area (Å²) in [5.74, 6) is -1.29. The van der Waals surface area contributed by atoms with E-state index in [1.165, 1.54) is 17.4 Å². The highest BCUT2D eigenvalue weighted by Crippen LogP contribution is 2.30. The van der Waals surface area contributed by atoms with Crippen molar-refractivity contribution < 1.29 is 14.7 Å². The second-order valence-electron chi connectivity index (χ2n) is 6.01. The van der Waals surface area contributed by atoms with Crippen LogP contribution in [0.25, 0.3) is 10.8 Å². The zero-order valence-corrected chi connectivity index (χ0v) is 15.6. The second-order valence-corrected chi connectivity index (χ2v) is 7.07. The maximum absolute atomic E-state index is 12.4. The van der Waals surface area contributed by atoms with E-state index in [-0.39, 0.29) is 16.9 Å². The topological polar surface area (TPSA) is 131 Å². The Morgan fingerprint density at radius 1 is 1.19 bits per heavy atom. The van der Waals surface area contributed by atoms with Crippen LogP contribution < -0.4 is 16.9 Å². The van der Waals surface area contributed by atoms with Crippen LogP contribution in [0.5, 0.6) is 5.75 Å². The number of nitrogens with two attached hydrogens (primary N) is 2. The Morgan fingerprint density at radius 2 is 1.81 bits per heavy atom. The van der Waals surface area contributed by atoms with Gasteiger partial charge in [0.25, 0.3) is 11.8 Å². The fraction of sp³-hybridized carbons (Fsp3) is 0.105. The molecule has 3 rings (SSSR count). The molecule has 7 nitrogen and oxygen atoms in total. The van der Waals surface area contributed by atoms with Crippen molar-refractivity contribution in [2.24, 2.45) is 10.8 Å². The number of hydrogen-bond donors (Lipinski definition) is 4. The highest BCUT2D eigenvalue weighted by atomic mass is 32.1. The van der Waals surface area contributed by atoms with Crippen molar-refractivity contribution in [2.45, 2.75) is 13.8 Å². The van der Waals surface area contributed by atoms with Crippen LogP contribution in [-0.2, 0) is 0 Å². The van der Waals surface area contributed by atoms with Crippen LogP contribution in [0.4, 0.5) is 5.00 Å². The summed E-state index contributed by atoms with van der Waals surface area (Å²) < 4.78 is 0. The molecular weight excluding hydrogens is 364 g/mol. The number of carbonyl (C=O) groups is 2. The number of rotatable bonds is 4. The molecule has 2 aromatic carbocycles. The van der Waals surface area contributed by atoms with Crippen LogP contribution in [0, 0.1) is 6.92 Å². The molecule has 2 amide bonds. The molecule has 3 aromatic rings.